The first-order valence-corrected chi connectivity index (χ1v) is 6.75. The zero-order valence-electron chi connectivity index (χ0n) is 11.5. The van der Waals surface area contributed by atoms with E-state index in [2.05, 4.69) is 26.2 Å². The number of hydrogen-bond donors (Lipinski definition) is 0. The lowest BCUT2D eigenvalue weighted by Crippen LogP contribution is -2.48. The minimum Gasteiger partial charge on any atom is -0.350 e. The molecule has 0 amide bonds. The second kappa shape index (κ2) is 4.31. The number of nitrogens with zero attached hydrogens (tertiary/aromatic N) is 7. The minimum atomic E-state index is 0.290. The molecule has 1 fully saturated rings. The molecule has 0 saturated carbocycles. The average molecular weight is 279 g/mol. The third kappa shape index (κ3) is 1.84. The number of fused-ring (bicyclic) bond motifs is 1. The molecule has 0 bridgehead atoms. The van der Waals surface area contributed by atoms with E-state index in [0.29, 0.717) is 5.56 Å². The van der Waals surface area contributed by atoms with Crippen molar-refractivity contribution in [2.75, 3.05) is 18.0 Å². The van der Waals surface area contributed by atoms with E-state index in [0.717, 1.165) is 30.1 Å². The summed E-state index contributed by atoms with van der Waals surface area (Å²) in [5, 5.41) is 17.5. The van der Waals surface area contributed by atoms with Gasteiger partial charge >= 0.3 is 0 Å². The molecule has 0 N–H and O–H groups in total. The van der Waals surface area contributed by atoms with Gasteiger partial charge in [-0.3, -0.25) is 4.68 Å². The molecule has 0 unspecified atom stereocenters. The van der Waals surface area contributed by atoms with E-state index in [1.165, 1.54) is 0 Å². The topological polar surface area (TPSA) is 75.0 Å². The van der Waals surface area contributed by atoms with Crippen LogP contribution < -0.4 is 4.90 Å². The Labute approximate surface area is 121 Å². The van der Waals surface area contributed by atoms with Gasteiger partial charge in [-0.25, -0.2) is 9.50 Å². The van der Waals surface area contributed by atoms with Crippen LogP contribution in [0.5, 0.6) is 0 Å². The van der Waals surface area contributed by atoms with Crippen LogP contribution in [0.25, 0.3) is 5.52 Å². The molecular formula is C14H13N7. The van der Waals surface area contributed by atoms with Gasteiger partial charge in [-0.05, 0) is 13.0 Å². The van der Waals surface area contributed by atoms with E-state index < -0.39 is 0 Å². The van der Waals surface area contributed by atoms with Crippen molar-refractivity contribution in [1.82, 2.24) is 24.4 Å². The molecule has 104 valence electrons. The smallest absolute Gasteiger partial charge is 0.154 e. The standard InChI is InChI=1S/C14H13N7/c1-10-4-13-14(16-2-3-20(13)18-10)19-8-12(9-19)21-7-11(5-15)6-17-21/h2-4,6-7,12H,8-9H2,1H3. The maximum atomic E-state index is 8.84. The molecule has 7 nitrogen and oxygen atoms in total. The van der Waals surface area contributed by atoms with Gasteiger partial charge in [0.15, 0.2) is 5.82 Å². The molecule has 1 aliphatic rings. The first-order valence-electron chi connectivity index (χ1n) is 6.75. The average Bonchev–Trinajstić information content (AvgIpc) is 3.03. The lowest BCUT2D eigenvalue weighted by molar-refractivity contribution is 0.366. The number of aryl methyl sites for hydroxylation is 1. The highest BCUT2D eigenvalue weighted by molar-refractivity contribution is 5.70. The summed E-state index contributed by atoms with van der Waals surface area (Å²) in [5.74, 6) is 0.946. The lowest BCUT2D eigenvalue weighted by atomic mass is 10.1. The lowest BCUT2D eigenvalue weighted by Gasteiger charge is -2.40. The van der Waals surface area contributed by atoms with Gasteiger partial charge in [0.2, 0.25) is 0 Å². The summed E-state index contributed by atoms with van der Waals surface area (Å²) in [7, 11) is 0. The van der Waals surface area contributed by atoms with Gasteiger partial charge in [0.25, 0.3) is 0 Å². The Morgan fingerprint density at radius 3 is 3.00 bits per heavy atom. The maximum absolute atomic E-state index is 8.84. The van der Waals surface area contributed by atoms with Crippen molar-refractivity contribution in [2.24, 2.45) is 0 Å². The van der Waals surface area contributed by atoms with Crippen molar-refractivity contribution >= 4 is 11.3 Å². The first-order chi connectivity index (χ1) is 10.2. The van der Waals surface area contributed by atoms with Crippen LogP contribution in [0.1, 0.15) is 17.3 Å². The van der Waals surface area contributed by atoms with Gasteiger partial charge < -0.3 is 4.90 Å². The third-order valence-corrected chi connectivity index (χ3v) is 3.76. The summed E-state index contributed by atoms with van der Waals surface area (Å²) in [6.45, 7) is 3.65. The van der Waals surface area contributed by atoms with Crippen LogP contribution in [-0.4, -0.2) is 37.5 Å². The molecule has 1 saturated heterocycles. The van der Waals surface area contributed by atoms with Gasteiger partial charge in [0.05, 0.1) is 23.5 Å². The van der Waals surface area contributed by atoms with Crippen LogP contribution in [-0.2, 0) is 0 Å². The molecule has 21 heavy (non-hydrogen) atoms. The van der Waals surface area contributed by atoms with E-state index >= 15 is 0 Å². The fourth-order valence-electron chi connectivity index (χ4n) is 2.67. The molecule has 3 aromatic rings. The van der Waals surface area contributed by atoms with Gasteiger partial charge in [-0.2, -0.15) is 15.5 Å². The SMILES string of the molecule is Cc1cc2c(N3CC(n4cc(C#N)cn4)C3)nccn2n1. The summed E-state index contributed by atoms with van der Waals surface area (Å²) < 4.78 is 3.71. The van der Waals surface area contributed by atoms with Crippen LogP contribution in [0.3, 0.4) is 0 Å². The van der Waals surface area contributed by atoms with Crippen molar-refractivity contribution in [3.8, 4) is 6.07 Å². The highest BCUT2D eigenvalue weighted by Crippen LogP contribution is 2.29. The molecule has 1 aliphatic heterocycles. The molecule has 0 radical (unpaired) electrons. The van der Waals surface area contributed by atoms with Crippen LogP contribution in [0.15, 0.2) is 30.9 Å². The van der Waals surface area contributed by atoms with Crippen LogP contribution in [0.2, 0.25) is 0 Å². The van der Waals surface area contributed by atoms with E-state index in [-0.39, 0.29) is 6.04 Å². The van der Waals surface area contributed by atoms with Crippen molar-refractivity contribution in [3.63, 3.8) is 0 Å². The normalized spacial score (nSPS) is 15.1. The summed E-state index contributed by atoms with van der Waals surface area (Å²) in [5.41, 5.74) is 2.60. The number of hydrogen-bond acceptors (Lipinski definition) is 5. The van der Waals surface area contributed by atoms with E-state index in [1.807, 2.05) is 28.4 Å². The quantitative estimate of drug-likeness (QED) is 0.704. The van der Waals surface area contributed by atoms with Gasteiger partial charge in [0.1, 0.15) is 11.6 Å². The fourth-order valence-corrected chi connectivity index (χ4v) is 2.67. The van der Waals surface area contributed by atoms with Crippen LogP contribution >= 0.6 is 0 Å². The van der Waals surface area contributed by atoms with E-state index in [4.69, 9.17) is 5.26 Å². The highest BCUT2D eigenvalue weighted by Gasteiger charge is 2.31. The fraction of sp³-hybridized carbons (Fsp3) is 0.286. The Morgan fingerprint density at radius 1 is 1.38 bits per heavy atom. The van der Waals surface area contributed by atoms with Crippen molar-refractivity contribution < 1.29 is 0 Å². The maximum Gasteiger partial charge on any atom is 0.154 e. The molecule has 0 spiro atoms. The minimum absolute atomic E-state index is 0.290. The zero-order chi connectivity index (χ0) is 14.4. The first kappa shape index (κ1) is 11.9. The van der Waals surface area contributed by atoms with Gasteiger partial charge in [-0.15, -0.1) is 0 Å². The number of nitriles is 1. The zero-order valence-corrected chi connectivity index (χ0v) is 11.5. The monoisotopic (exact) mass is 279 g/mol. The molecule has 4 heterocycles. The molecule has 7 heteroatoms. The second-order valence-corrected chi connectivity index (χ2v) is 5.25. The summed E-state index contributed by atoms with van der Waals surface area (Å²) in [4.78, 5) is 6.68. The summed E-state index contributed by atoms with van der Waals surface area (Å²) in [6.07, 6.45) is 7.01. The molecule has 4 rings (SSSR count). The summed E-state index contributed by atoms with van der Waals surface area (Å²) >= 11 is 0. The van der Waals surface area contributed by atoms with Gasteiger partial charge in [0, 0.05) is 31.7 Å². The van der Waals surface area contributed by atoms with Crippen LogP contribution in [0.4, 0.5) is 5.82 Å². The highest BCUT2D eigenvalue weighted by atomic mass is 15.4. The Bertz CT molecular complexity index is 848. The van der Waals surface area contributed by atoms with Crippen molar-refractivity contribution in [2.45, 2.75) is 13.0 Å². The molecule has 0 atom stereocenters. The Morgan fingerprint density at radius 2 is 2.24 bits per heavy atom. The van der Waals surface area contributed by atoms with Crippen LogP contribution in [0, 0.1) is 18.3 Å². The summed E-state index contributed by atoms with van der Waals surface area (Å²) in [6, 6.07) is 4.43. The van der Waals surface area contributed by atoms with Gasteiger partial charge in [-0.1, -0.05) is 0 Å². The van der Waals surface area contributed by atoms with E-state index in [9.17, 15) is 0 Å². The predicted molar refractivity (Wildman–Crippen MR) is 75.9 cm³/mol. The number of aromatic nitrogens is 5. The largest absolute Gasteiger partial charge is 0.350 e. The second-order valence-electron chi connectivity index (χ2n) is 5.25. The molecule has 0 aromatic carbocycles. The predicted octanol–water partition coefficient (Wildman–Crippen LogP) is 1.17. The third-order valence-electron chi connectivity index (χ3n) is 3.76. The Hall–Kier alpha value is -2.88. The molecular weight excluding hydrogens is 266 g/mol. The molecule has 3 aromatic heterocycles. The van der Waals surface area contributed by atoms with Crippen molar-refractivity contribution in [1.29, 1.82) is 5.26 Å². The molecule has 0 aliphatic carbocycles. The van der Waals surface area contributed by atoms with E-state index in [1.54, 1.807) is 18.6 Å². The van der Waals surface area contributed by atoms with Crippen molar-refractivity contribution in [3.05, 3.63) is 42.1 Å². The number of anilines is 1. The Kier molecular flexibility index (Phi) is 2.44. The Balaban J connectivity index is 1.58. The number of rotatable bonds is 2.